The SMILES string of the molecule is Cc1ccc(-c2c(C#N)c(N)nc(SCCC(=O)Nc3cccc(C)n3)c2C#N)cc1. The number of nitrogens with zero attached hydrogens (tertiary/aromatic N) is 4. The van der Waals surface area contributed by atoms with Crippen LogP contribution >= 0.6 is 11.8 Å². The average molecular weight is 429 g/mol. The van der Waals surface area contributed by atoms with Gasteiger partial charge in [0.05, 0.1) is 5.56 Å². The molecular weight excluding hydrogens is 408 g/mol. The highest BCUT2D eigenvalue weighted by atomic mass is 32.2. The van der Waals surface area contributed by atoms with E-state index in [1.807, 2.05) is 50.2 Å². The molecule has 3 rings (SSSR count). The van der Waals surface area contributed by atoms with Gasteiger partial charge in [0.1, 0.15) is 34.4 Å². The highest BCUT2D eigenvalue weighted by molar-refractivity contribution is 7.99. The number of amides is 1. The fourth-order valence-corrected chi connectivity index (χ4v) is 3.91. The largest absolute Gasteiger partial charge is 0.383 e. The molecule has 8 heteroatoms. The molecule has 154 valence electrons. The maximum absolute atomic E-state index is 12.2. The molecule has 2 heterocycles. The van der Waals surface area contributed by atoms with Crippen LogP contribution in [0.15, 0.2) is 47.5 Å². The molecule has 0 aliphatic rings. The van der Waals surface area contributed by atoms with Crippen LogP contribution in [0, 0.1) is 36.5 Å². The molecule has 0 saturated heterocycles. The van der Waals surface area contributed by atoms with Gasteiger partial charge in [0.2, 0.25) is 5.91 Å². The average Bonchev–Trinajstić information content (AvgIpc) is 2.74. The normalized spacial score (nSPS) is 10.2. The first-order valence-corrected chi connectivity index (χ1v) is 10.5. The minimum Gasteiger partial charge on any atom is -0.383 e. The van der Waals surface area contributed by atoms with Crippen LogP contribution in [-0.2, 0) is 4.79 Å². The summed E-state index contributed by atoms with van der Waals surface area (Å²) in [6.45, 7) is 3.81. The summed E-state index contributed by atoms with van der Waals surface area (Å²) >= 11 is 1.25. The lowest BCUT2D eigenvalue weighted by Crippen LogP contribution is -2.13. The first-order valence-electron chi connectivity index (χ1n) is 9.50. The molecule has 0 radical (unpaired) electrons. The van der Waals surface area contributed by atoms with Gasteiger partial charge >= 0.3 is 0 Å². The van der Waals surface area contributed by atoms with Crippen molar-refractivity contribution in [2.24, 2.45) is 0 Å². The van der Waals surface area contributed by atoms with Crippen LogP contribution in [-0.4, -0.2) is 21.6 Å². The second kappa shape index (κ2) is 9.75. The number of pyridine rings is 2. The minimum atomic E-state index is -0.190. The summed E-state index contributed by atoms with van der Waals surface area (Å²) in [5.41, 5.74) is 9.54. The Balaban J connectivity index is 1.81. The standard InChI is InChI=1S/C23H20N6OS/c1-14-6-8-16(9-7-14)21-17(12-24)22(26)29-23(18(21)13-25)31-11-10-20(30)28-19-5-3-4-15(2)27-19/h3-9H,10-11H2,1-2H3,(H2,26,29)(H,27,28,30). The summed E-state index contributed by atoms with van der Waals surface area (Å²) in [5.74, 6) is 0.755. The molecule has 0 saturated carbocycles. The van der Waals surface area contributed by atoms with Gasteiger partial charge in [-0.25, -0.2) is 9.97 Å². The van der Waals surface area contributed by atoms with Crippen molar-refractivity contribution in [3.63, 3.8) is 0 Å². The molecule has 3 aromatic rings. The molecule has 3 N–H and O–H groups in total. The maximum Gasteiger partial charge on any atom is 0.226 e. The van der Waals surface area contributed by atoms with Crippen LogP contribution in [0.4, 0.5) is 11.6 Å². The van der Waals surface area contributed by atoms with Gasteiger partial charge in [-0.2, -0.15) is 10.5 Å². The Hall–Kier alpha value is -3.88. The summed E-state index contributed by atoms with van der Waals surface area (Å²) in [5, 5.41) is 22.6. The van der Waals surface area contributed by atoms with Gasteiger partial charge in [-0.15, -0.1) is 11.8 Å². The Morgan fingerprint density at radius 1 is 1.06 bits per heavy atom. The van der Waals surface area contributed by atoms with Gasteiger partial charge in [-0.05, 0) is 31.5 Å². The zero-order valence-corrected chi connectivity index (χ0v) is 18.0. The van der Waals surface area contributed by atoms with E-state index in [1.54, 1.807) is 6.07 Å². The van der Waals surface area contributed by atoms with Crippen LogP contribution in [0.1, 0.15) is 28.8 Å². The fraction of sp³-hybridized carbons (Fsp3) is 0.174. The van der Waals surface area contributed by atoms with E-state index in [-0.39, 0.29) is 29.3 Å². The number of nitrogen functional groups attached to an aromatic ring is 1. The molecule has 2 aromatic heterocycles. The molecule has 1 amide bonds. The third-order valence-corrected chi connectivity index (χ3v) is 5.46. The Kier molecular flexibility index (Phi) is 6.86. The van der Waals surface area contributed by atoms with Gasteiger partial charge in [-0.3, -0.25) is 4.79 Å². The summed E-state index contributed by atoms with van der Waals surface area (Å²) in [6, 6.07) is 17.1. The van der Waals surface area contributed by atoms with Crippen LogP contribution in [0.2, 0.25) is 0 Å². The van der Waals surface area contributed by atoms with Crippen LogP contribution in [0.3, 0.4) is 0 Å². The number of aromatic nitrogens is 2. The molecule has 7 nitrogen and oxygen atoms in total. The molecule has 0 aliphatic carbocycles. The number of carbonyl (C=O) groups excluding carboxylic acids is 1. The Bertz CT molecular complexity index is 1210. The van der Waals surface area contributed by atoms with Gasteiger partial charge < -0.3 is 11.1 Å². The lowest BCUT2D eigenvalue weighted by Gasteiger charge is -2.13. The number of hydrogen-bond donors (Lipinski definition) is 2. The van der Waals surface area contributed by atoms with Crippen molar-refractivity contribution in [3.8, 4) is 23.3 Å². The third-order valence-electron chi connectivity index (χ3n) is 4.48. The number of aryl methyl sites for hydroxylation is 2. The number of nitriles is 2. The number of nitrogens with two attached hydrogens (primary N) is 1. The van der Waals surface area contributed by atoms with Crippen LogP contribution in [0.5, 0.6) is 0 Å². The predicted molar refractivity (Wildman–Crippen MR) is 121 cm³/mol. The third kappa shape index (κ3) is 5.19. The maximum atomic E-state index is 12.2. The number of hydrogen-bond acceptors (Lipinski definition) is 7. The molecule has 0 atom stereocenters. The zero-order valence-electron chi connectivity index (χ0n) is 17.1. The van der Waals surface area contributed by atoms with Gasteiger partial charge in [0.25, 0.3) is 0 Å². The molecule has 0 aliphatic heterocycles. The fourth-order valence-electron chi connectivity index (χ4n) is 2.97. The molecular formula is C23H20N6OS. The summed E-state index contributed by atoms with van der Waals surface area (Å²) in [7, 11) is 0. The van der Waals surface area contributed by atoms with Crippen molar-refractivity contribution in [2.45, 2.75) is 25.3 Å². The van der Waals surface area contributed by atoms with E-state index in [0.29, 0.717) is 22.2 Å². The van der Waals surface area contributed by atoms with E-state index in [0.717, 1.165) is 16.8 Å². The Labute approximate surface area is 184 Å². The molecule has 0 bridgehead atoms. The van der Waals surface area contributed by atoms with E-state index in [1.165, 1.54) is 11.8 Å². The number of benzene rings is 1. The number of thioether (sulfide) groups is 1. The van der Waals surface area contributed by atoms with E-state index in [2.05, 4.69) is 27.4 Å². The highest BCUT2D eigenvalue weighted by Crippen LogP contribution is 2.35. The predicted octanol–water partition coefficient (Wildman–Crippen LogP) is 4.21. The van der Waals surface area contributed by atoms with Crippen molar-refractivity contribution in [1.82, 2.24) is 9.97 Å². The quantitative estimate of drug-likeness (QED) is 0.563. The molecule has 0 fully saturated rings. The monoisotopic (exact) mass is 428 g/mol. The van der Waals surface area contributed by atoms with E-state index >= 15 is 0 Å². The smallest absolute Gasteiger partial charge is 0.226 e. The molecule has 0 unspecified atom stereocenters. The molecule has 0 spiro atoms. The highest BCUT2D eigenvalue weighted by Gasteiger charge is 2.20. The number of anilines is 2. The van der Waals surface area contributed by atoms with Crippen molar-refractivity contribution in [2.75, 3.05) is 16.8 Å². The number of nitrogens with one attached hydrogen (secondary N) is 1. The summed E-state index contributed by atoms with van der Waals surface area (Å²) in [6.07, 6.45) is 0.201. The van der Waals surface area contributed by atoms with Crippen molar-refractivity contribution < 1.29 is 4.79 Å². The van der Waals surface area contributed by atoms with Crippen LogP contribution < -0.4 is 11.1 Å². The molecule has 31 heavy (non-hydrogen) atoms. The first-order chi connectivity index (χ1) is 14.9. The Morgan fingerprint density at radius 3 is 2.42 bits per heavy atom. The van der Waals surface area contributed by atoms with Crippen molar-refractivity contribution >= 4 is 29.3 Å². The second-order valence-electron chi connectivity index (χ2n) is 6.83. The number of rotatable bonds is 6. The van der Waals surface area contributed by atoms with E-state index in [9.17, 15) is 15.3 Å². The molecule has 1 aromatic carbocycles. The zero-order chi connectivity index (χ0) is 22.4. The van der Waals surface area contributed by atoms with Crippen molar-refractivity contribution in [3.05, 3.63) is 64.8 Å². The van der Waals surface area contributed by atoms with E-state index in [4.69, 9.17) is 5.73 Å². The topological polar surface area (TPSA) is 128 Å². The number of carbonyl (C=O) groups is 1. The van der Waals surface area contributed by atoms with Gasteiger partial charge in [0, 0.05) is 23.4 Å². The van der Waals surface area contributed by atoms with Gasteiger partial charge in [0.15, 0.2) is 0 Å². The lowest BCUT2D eigenvalue weighted by molar-refractivity contribution is -0.115. The lowest BCUT2D eigenvalue weighted by atomic mass is 9.96. The van der Waals surface area contributed by atoms with Crippen LogP contribution in [0.25, 0.3) is 11.1 Å². The first kappa shape index (κ1) is 21.8. The Morgan fingerprint density at radius 2 is 1.77 bits per heavy atom. The van der Waals surface area contributed by atoms with Gasteiger partial charge in [-0.1, -0.05) is 35.9 Å². The van der Waals surface area contributed by atoms with E-state index < -0.39 is 0 Å². The minimum absolute atomic E-state index is 0.0630. The summed E-state index contributed by atoms with van der Waals surface area (Å²) in [4.78, 5) is 20.7. The van der Waals surface area contributed by atoms with Crippen molar-refractivity contribution in [1.29, 1.82) is 10.5 Å². The second-order valence-corrected chi connectivity index (χ2v) is 7.91. The summed E-state index contributed by atoms with van der Waals surface area (Å²) < 4.78 is 0.